The summed E-state index contributed by atoms with van der Waals surface area (Å²) < 4.78 is 40.1. The second kappa shape index (κ2) is 8.77. The zero-order valence-corrected chi connectivity index (χ0v) is 16.8. The summed E-state index contributed by atoms with van der Waals surface area (Å²) in [7, 11) is 3.14. The van der Waals surface area contributed by atoms with E-state index in [1.165, 1.54) is 17.4 Å². The Bertz CT molecular complexity index is 926. The first-order valence-electron chi connectivity index (χ1n) is 7.71. The normalized spacial score (nSPS) is 10.7. The summed E-state index contributed by atoms with van der Waals surface area (Å²) in [5, 5.41) is 1.70. The van der Waals surface area contributed by atoms with Crippen LogP contribution < -0.4 is 13.8 Å². The molecule has 1 aromatic heterocycles. The van der Waals surface area contributed by atoms with Gasteiger partial charge in [-0.3, -0.25) is 4.31 Å². The zero-order chi connectivity index (χ0) is 19.4. The van der Waals surface area contributed by atoms with Crippen LogP contribution in [0.2, 0.25) is 5.02 Å². The second-order valence-electron chi connectivity index (χ2n) is 5.35. The molecule has 4 nitrogen and oxygen atoms in total. The number of benzene rings is 2. The third kappa shape index (κ3) is 4.63. The van der Waals surface area contributed by atoms with Crippen LogP contribution in [0.15, 0.2) is 46.1 Å². The molecule has 0 bridgehead atoms. The van der Waals surface area contributed by atoms with Crippen molar-refractivity contribution in [3.05, 3.63) is 63.4 Å². The van der Waals surface area contributed by atoms with E-state index >= 15 is 0 Å². The molecular weight excluding hydrogens is 414 g/mol. The molecule has 9 heteroatoms. The fourth-order valence-electron chi connectivity index (χ4n) is 2.32. The molecular formula is C18H15ClF2N2O2S2. The lowest BCUT2D eigenvalue weighted by Gasteiger charge is -2.22. The molecule has 142 valence electrons. The molecule has 0 fully saturated rings. The van der Waals surface area contributed by atoms with Gasteiger partial charge >= 0.3 is 0 Å². The molecule has 0 aliphatic heterocycles. The van der Waals surface area contributed by atoms with Crippen molar-refractivity contribution >= 4 is 40.7 Å². The highest BCUT2D eigenvalue weighted by molar-refractivity contribution is 8.00. The third-order valence-electron chi connectivity index (χ3n) is 3.67. The van der Waals surface area contributed by atoms with Crippen LogP contribution in [0.3, 0.4) is 0 Å². The molecule has 2 aromatic carbocycles. The number of aromatic nitrogens is 1. The van der Waals surface area contributed by atoms with Gasteiger partial charge in [-0.1, -0.05) is 11.6 Å². The smallest absolute Gasteiger partial charge is 0.150 e. The predicted molar refractivity (Wildman–Crippen MR) is 105 cm³/mol. The minimum absolute atomic E-state index is 0.140. The van der Waals surface area contributed by atoms with Crippen LogP contribution in [-0.4, -0.2) is 19.2 Å². The molecule has 0 atom stereocenters. The van der Waals surface area contributed by atoms with Crippen molar-refractivity contribution in [2.75, 3.05) is 18.5 Å². The first-order chi connectivity index (χ1) is 13.0. The van der Waals surface area contributed by atoms with Crippen LogP contribution in [0.1, 0.15) is 5.56 Å². The minimum atomic E-state index is -0.796. The Morgan fingerprint density at radius 2 is 1.96 bits per heavy atom. The van der Waals surface area contributed by atoms with Crippen molar-refractivity contribution in [3.8, 4) is 11.5 Å². The number of thiazole rings is 1. The molecule has 3 rings (SSSR count). The number of rotatable bonds is 7. The molecule has 0 spiro atoms. The van der Waals surface area contributed by atoms with Crippen molar-refractivity contribution in [2.24, 2.45) is 0 Å². The van der Waals surface area contributed by atoms with E-state index in [9.17, 15) is 8.78 Å². The third-order valence-corrected chi connectivity index (χ3v) is 5.58. The van der Waals surface area contributed by atoms with Crippen LogP contribution >= 0.6 is 34.9 Å². The van der Waals surface area contributed by atoms with Gasteiger partial charge in [-0.25, -0.2) is 13.8 Å². The van der Waals surface area contributed by atoms with E-state index in [1.807, 2.05) is 17.5 Å². The highest BCUT2D eigenvalue weighted by Gasteiger charge is 2.18. The van der Waals surface area contributed by atoms with Crippen molar-refractivity contribution < 1.29 is 18.3 Å². The van der Waals surface area contributed by atoms with E-state index in [2.05, 4.69) is 4.98 Å². The van der Waals surface area contributed by atoms with Gasteiger partial charge in [0.05, 0.1) is 36.2 Å². The number of nitrogens with zero attached hydrogens (tertiary/aromatic N) is 2. The van der Waals surface area contributed by atoms with Gasteiger partial charge in [-0.05, 0) is 30.1 Å². The Kier molecular flexibility index (Phi) is 6.41. The fraction of sp³-hybridized carbons (Fsp3) is 0.167. The van der Waals surface area contributed by atoms with E-state index < -0.39 is 11.6 Å². The van der Waals surface area contributed by atoms with Crippen molar-refractivity contribution in [2.45, 2.75) is 11.4 Å². The Labute approximate surface area is 168 Å². The van der Waals surface area contributed by atoms with Crippen LogP contribution in [0.25, 0.3) is 0 Å². The molecule has 0 radical (unpaired) electrons. The summed E-state index contributed by atoms with van der Waals surface area (Å²) in [5.41, 5.74) is 2.54. The summed E-state index contributed by atoms with van der Waals surface area (Å²) in [6, 6.07) is 7.50. The van der Waals surface area contributed by atoms with Crippen LogP contribution in [-0.2, 0) is 6.54 Å². The molecule has 27 heavy (non-hydrogen) atoms. The predicted octanol–water partition coefficient (Wildman–Crippen LogP) is 5.81. The molecule has 3 aromatic rings. The van der Waals surface area contributed by atoms with E-state index in [0.29, 0.717) is 23.9 Å². The van der Waals surface area contributed by atoms with Gasteiger partial charge in [0, 0.05) is 23.1 Å². The monoisotopic (exact) mass is 428 g/mol. The van der Waals surface area contributed by atoms with Crippen molar-refractivity contribution in [3.63, 3.8) is 0 Å². The van der Waals surface area contributed by atoms with Gasteiger partial charge in [0.25, 0.3) is 0 Å². The molecule has 0 saturated carbocycles. The number of hydrogen-bond acceptors (Lipinski definition) is 6. The van der Waals surface area contributed by atoms with E-state index in [0.717, 1.165) is 23.6 Å². The second-order valence-corrected chi connectivity index (χ2v) is 7.54. The molecule has 0 aliphatic carbocycles. The molecule has 0 saturated heterocycles. The lowest BCUT2D eigenvalue weighted by Crippen LogP contribution is -2.15. The number of anilines is 1. The van der Waals surface area contributed by atoms with Gasteiger partial charge in [-0.15, -0.1) is 11.3 Å². The van der Waals surface area contributed by atoms with Gasteiger partial charge in [0.1, 0.15) is 29.0 Å². The Balaban J connectivity index is 1.93. The highest BCUT2D eigenvalue weighted by Crippen LogP contribution is 2.36. The largest absolute Gasteiger partial charge is 0.497 e. The lowest BCUT2D eigenvalue weighted by atomic mass is 10.2. The van der Waals surface area contributed by atoms with Crippen LogP contribution in [0.4, 0.5) is 14.6 Å². The number of ether oxygens (including phenoxy) is 2. The van der Waals surface area contributed by atoms with Crippen LogP contribution in [0.5, 0.6) is 11.5 Å². The summed E-state index contributed by atoms with van der Waals surface area (Å²) in [6.07, 6.45) is 0. The maximum Gasteiger partial charge on any atom is 0.150 e. The van der Waals surface area contributed by atoms with E-state index in [1.54, 1.807) is 30.1 Å². The average molecular weight is 429 g/mol. The summed E-state index contributed by atoms with van der Waals surface area (Å²) >= 11 is 8.32. The molecule has 1 heterocycles. The number of halogens is 3. The SMILES string of the molecule is COc1ccc(CN(Sc2cc(Cl)c(F)cc2F)c2cscn2)c(OC)c1. The topological polar surface area (TPSA) is 34.6 Å². The zero-order valence-electron chi connectivity index (χ0n) is 14.4. The molecule has 0 amide bonds. The van der Waals surface area contributed by atoms with Crippen molar-refractivity contribution in [1.82, 2.24) is 4.98 Å². The average Bonchev–Trinajstić information content (AvgIpc) is 3.20. The van der Waals surface area contributed by atoms with Gasteiger partial charge in [-0.2, -0.15) is 0 Å². The van der Waals surface area contributed by atoms with E-state index in [-0.39, 0.29) is 9.92 Å². The Morgan fingerprint density at radius 1 is 1.15 bits per heavy atom. The minimum Gasteiger partial charge on any atom is -0.497 e. The van der Waals surface area contributed by atoms with Gasteiger partial charge in [0.15, 0.2) is 0 Å². The lowest BCUT2D eigenvalue weighted by molar-refractivity contribution is 0.391. The first-order valence-corrected chi connectivity index (χ1v) is 9.80. The fourth-order valence-corrected chi connectivity index (χ4v) is 4.11. The standard InChI is InChI=1S/C18H15ClF2N2O2S2/c1-24-12-4-3-11(16(5-12)25-2)8-23(18-9-26-10-22-18)27-17-6-13(19)14(20)7-15(17)21/h3-7,9-10H,8H2,1-2H3. The van der Waals surface area contributed by atoms with Gasteiger partial charge in [0.2, 0.25) is 0 Å². The Hall–Kier alpha value is -2.03. The molecule has 0 unspecified atom stereocenters. The number of hydrogen-bond donors (Lipinski definition) is 0. The van der Waals surface area contributed by atoms with Gasteiger partial charge < -0.3 is 9.47 Å². The van der Waals surface area contributed by atoms with Crippen molar-refractivity contribution in [1.29, 1.82) is 0 Å². The maximum absolute atomic E-state index is 14.2. The quantitative estimate of drug-likeness (QED) is 0.350. The summed E-state index contributed by atoms with van der Waals surface area (Å²) in [4.78, 5) is 4.49. The highest BCUT2D eigenvalue weighted by atomic mass is 35.5. The number of methoxy groups -OCH3 is 2. The van der Waals surface area contributed by atoms with E-state index in [4.69, 9.17) is 21.1 Å². The maximum atomic E-state index is 14.2. The first kappa shape index (κ1) is 19.7. The molecule has 0 aliphatic rings. The Morgan fingerprint density at radius 3 is 2.63 bits per heavy atom. The summed E-state index contributed by atoms with van der Waals surface area (Å²) in [5.74, 6) is 0.453. The summed E-state index contributed by atoms with van der Waals surface area (Å²) in [6.45, 7) is 0.371. The molecule has 0 N–H and O–H groups in total. The van der Waals surface area contributed by atoms with Crippen LogP contribution in [0, 0.1) is 11.6 Å².